The Kier molecular flexibility index (Phi) is 3.63. The van der Waals surface area contributed by atoms with E-state index in [1.165, 1.54) is 0 Å². The number of aryl methyl sites for hydroxylation is 1. The zero-order valence-corrected chi connectivity index (χ0v) is 9.78. The topological polar surface area (TPSA) is 44.1 Å². The lowest BCUT2D eigenvalue weighted by Gasteiger charge is -2.24. The molecule has 0 N–H and O–H groups in total. The van der Waals surface area contributed by atoms with Crippen molar-refractivity contribution in [2.45, 2.75) is 32.3 Å². The average Bonchev–Trinajstić information content (AvgIpc) is 2.62. The first-order valence-corrected chi connectivity index (χ1v) is 5.08. The lowest BCUT2D eigenvalue weighted by molar-refractivity contribution is -0.138. The summed E-state index contributed by atoms with van der Waals surface area (Å²) < 4.78 is 6.94. The summed E-state index contributed by atoms with van der Waals surface area (Å²) in [5.74, 6) is 0.0977. The molecule has 15 heavy (non-hydrogen) atoms. The predicted molar refractivity (Wildman–Crippen MR) is 57.6 cm³/mol. The van der Waals surface area contributed by atoms with E-state index >= 15 is 0 Å². The molecule has 0 saturated carbocycles. The quantitative estimate of drug-likeness (QED) is 0.736. The summed E-state index contributed by atoms with van der Waals surface area (Å²) in [5, 5.41) is 4.03. The molecule has 0 aromatic carbocycles. The summed E-state index contributed by atoms with van der Waals surface area (Å²) in [6.45, 7) is 3.77. The van der Waals surface area contributed by atoms with Gasteiger partial charge in [0.05, 0.1) is 6.20 Å². The van der Waals surface area contributed by atoms with E-state index in [-0.39, 0.29) is 5.78 Å². The van der Waals surface area contributed by atoms with Gasteiger partial charge >= 0.3 is 0 Å². The Morgan fingerprint density at radius 2 is 2.33 bits per heavy atom. The van der Waals surface area contributed by atoms with Crippen LogP contribution in [0.4, 0.5) is 0 Å². The molecule has 1 unspecified atom stereocenters. The molecule has 1 heterocycles. The van der Waals surface area contributed by atoms with Gasteiger partial charge in [-0.2, -0.15) is 5.10 Å². The number of carbonyl (C=O) groups is 1. The van der Waals surface area contributed by atoms with Crippen molar-refractivity contribution in [3.8, 4) is 0 Å². The second-order valence-electron chi connectivity index (χ2n) is 3.91. The third-order valence-corrected chi connectivity index (χ3v) is 2.84. The molecule has 0 aliphatic heterocycles. The van der Waals surface area contributed by atoms with Gasteiger partial charge in [0.2, 0.25) is 0 Å². The van der Waals surface area contributed by atoms with Crippen LogP contribution in [0, 0.1) is 0 Å². The van der Waals surface area contributed by atoms with Crippen molar-refractivity contribution in [3.63, 3.8) is 0 Å². The maximum atomic E-state index is 11.9. The van der Waals surface area contributed by atoms with Crippen molar-refractivity contribution in [2.75, 3.05) is 7.11 Å². The van der Waals surface area contributed by atoms with E-state index < -0.39 is 5.60 Å². The Morgan fingerprint density at radius 3 is 2.73 bits per heavy atom. The Balaban J connectivity index is 2.70. The molecular formula is C11H18N2O2. The van der Waals surface area contributed by atoms with Crippen LogP contribution in [-0.2, 0) is 23.0 Å². The number of rotatable bonds is 5. The highest BCUT2D eigenvalue weighted by Crippen LogP contribution is 2.17. The van der Waals surface area contributed by atoms with Crippen molar-refractivity contribution >= 4 is 5.78 Å². The van der Waals surface area contributed by atoms with E-state index in [1.54, 1.807) is 18.0 Å². The van der Waals surface area contributed by atoms with Crippen LogP contribution in [0.5, 0.6) is 0 Å². The number of aromatic nitrogens is 2. The van der Waals surface area contributed by atoms with Gasteiger partial charge in [0.15, 0.2) is 5.78 Å². The molecule has 1 aromatic heterocycles. The van der Waals surface area contributed by atoms with Crippen LogP contribution < -0.4 is 0 Å². The molecule has 4 heteroatoms. The average molecular weight is 210 g/mol. The van der Waals surface area contributed by atoms with Crippen LogP contribution >= 0.6 is 0 Å². The monoisotopic (exact) mass is 210 g/mol. The summed E-state index contributed by atoms with van der Waals surface area (Å²) in [6.07, 6.45) is 4.63. The molecule has 0 spiro atoms. The predicted octanol–water partition coefficient (Wildman–Crippen LogP) is 1.35. The molecule has 0 amide bonds. The van der Waals surface area contributed by atoms with E-state index in [1.807, 2.05) is 27.1 Å². The fourth-order valence-corrected chi connectivity index (χ4v) is 1.39. The smallest absolute Gasteiger partial charge is 0.168 e. The number of hydrogen-bond donors (Lipinski definition) is 0. The number of methoxy groups -OCH3 is 1. The van der Waals surface area contributed by atoms with Gasteiger partial charge in [0.1, 0.15) is 5.60 Å². The lowest BCUT2D eigenvalue weighted by Crippen LogP contribution is -2.37. The fraction of sp³-hybridized carbons (Fsp3) is 0.636. The van der Waals surface area contributed by atoms with E-state index in [0.29, 0.717) is 12.8 Å². The largest absolute Gasteiger partial charge is 0.371 e. The maximum Gasteiger partial charge on any atom is 0.168 e. The van der Waals surface area contributed by atoms with Crippen LogP contribution in [-0.4, -0.2) is 28.3 Å². The van der Waals surface area contributed by atoms with Crippen molar-refractivity contribution < 1.29 is 9.53 Å². The number of carbonyl (C=O) groups excluding carboxylic acids is 1. The molecular weight excluding hydrogens is 192 g/mol. The van der Waals surface area contributed by atoms with Gasteiger partial charge in [-0.05, 0) is 18.9 Å². The summed E-state index contributed by atoms with van der Waals surface area (Å²) in [6, 6.07) is 0. The number of Topliss-reactive ketones (excluding diaryl/α,β-unsaturated/α-hetero) is 1. The molecule has 1 rings (SSSR count). The Morgan fingerprint density at radius 1 is 1.67 bits per heavy atom. The van der Waals surface area contributed by atoms with E-state index in [4.69, 9.17) is 4.74 Å². The molecule has 1 atom stereocenters. The SMILES string of the molecule is CCC(C)(OC)C(=O)Cc1cnn(C)c1. The maximum absolute atomic E-state index is 11.9. The van der Waals surface area contributed by atoms with Crippen molar-refractivity contribution in [1.29, 1.82) is 0 Å². The van der Waals surface area contributed by atoms with Gasteiger partial charge in [-0.3, -0.25) is 9.48 Å². The van der Waals surface area contributed by atoms with E-state index in [0.717, 1.165) is 5.56 Å². The molecule has 0 aliphatic rings. The molecule has 0 bridgehead atoms. The van der Waals surface area contributed by atoms with Crippen molar-refractivity contribution in [1.82, 2.24) is 9.78 Å². The number of nitrogens with zero attached hydrogens (tertiary/aromatic N) is 2. The summed E-state index contributed by atoms with van der Waals surface area (Å²) >= 11 is 0. The van der Waals surface area contributed by atoms with Gasteiger partial charge in [-0.15, -0.1) is 0 Å². The zero-order valence-electron chi connectivity index (χ0n) is 9.78. The highest BCUT2D eigenvalue weighted by atomic mass is 16.5. The highest BCUT2D eigenvalue weighted by Gasteiger charge is 2.30. The second-order valence-corrected chi connectivity index (χ2v) is 3.91. The molecule has 4 nitrogen and oxygen atoms in total. The highest BCUT2D eigenvalue weighted by molar-refractivity contribution is 5.88. The van der Waals surface area contributed by atoms with Crippen LogP contribution in [0.25, 0.3) is 0 Å². The minimum atomic E-state index is -0.671. The first kappa shape index (κ1) is 11.9. The molecule has 84 valence electrons. The molecule has 0 fully saturated rings. The standard InChI is InChI=1S/C11H18N2O2/c1-5-11(2,15-4)10(14)6-9-7-12-13(3)8-9/h7-8H,5-6H2,1-4H3. The summed E-state index contributed by atoms with van der Waals surface area (Å²) in [5.41, 5.74) is 0.259. The zero-order chi connectivity index (χ0) is 11.5. The first-order chi connectivity index (χ1) is 7.01. The molecule has 0 saturated heterocycles. The summed E-state index contributed by atoms with van der Waals surface area (Å²) in [7, 11) is 3.41. The van der Waals surface area contributed by atoms with Gasteiger partial charge in [0.25, 0.3) is 0 Å². The van der Waals surface area contributed by atoms with Gasteiger partial charge in [0, 0.05) is 26.8 Å². The van der Waals surface area contributed by atoms with Crippen molar-refractivity contribution in [2.24, 2.45) is 7.05 Å². The second kappa shape index (κ2) is 4.57. The van der Waals surface area contributed by atoms with Gasteiger partial charge in [-0.25, -0.2) is 0 Å². The third kappa shape index (κ3) is 2.65. The number of ether oxygens (including phenoxy) is 1. The van der Waals surface area contributed by atoms with Crippen molar-refractivity contribution in [3.05, 3.63) is 18.0 Å². The normalized spacial score (nSPS) is 14.9. The summed E-state index contributed by atoms with van der Waals surface area (Å²) in [4.78, 5) is 11.9. The number of ketones is 1. The van der Waals surface area contributed by atoms with Crippen LogP contribution in [0.1, 0.15) is 25.8 Å². The fourth-order valence-electron chi connectivity index (χ4n) is 1.39. The van der Waals surface area contributed by atoms with Crippen LogP contribution in [0.2, 0.25) is 0 Å². The first-order valence-electron chi connectivity index (χ1n) is 5.08. The molecule has 0 aliphatic carbocycles. The van der Waals surface area contributed by atoms with Crippen LogP contribution in [0.15, 0.2) is 12.4 Å². The van der Waals surface area contributed by atoms with Gasteiger partial charge < -0.3 is 4.74 Å². The minimum Gasteiger partial charge on any atom is -0.371 e. The van der Waals surface area contributed by atoms with Crippen LogP contribution in [0.3, 0.4) is 0 Å². The number of hydrogen-bond acceptors (Lipinski definition) is 3. The minimum absolute atomic E-state index is 0.0977. The van der Waals surface area contributed by atoms with E-state index in [2.05, 4.69) is 5.10 Å². The Labute approximate surface area is 90.2 Å². The molecule has 0 radical (unpaired) electrons. The van der Waals surface area contributed by atoms with Gasteiger partial charge in [-0.1, -0.05) is 6.92 Å². The molecule has 1 aromatic rings. The third-order valence-electron chi connectivity index (χ3n) is 2.84. The van der Waals surface area contributed by atoms with E-state index in [9.17, 15) is 4.79 Å². The Bertz CT molecular complexity index is 340. The lowest BCUT2D eigenvalue weighted by atomic mass is 9.93. The Hall–Kier alpha value is -1.16.